The van der Waals surface area contributed by atoms with Crippen molar-refractivity contribution in [2.45, 2.75) is 32.6 Å². The Hall–Kier alpha value is -1.02. The summed E-state index contributed by atoms with van der Waals surface area (Å²) in [6.45, 7) is 2.17. The lowest BCUT2D eigenvalue weighted by atomic mass is 10.2. The molecule has 0 radical (unpaired) electrons. The first-order valence-electron chi connectivity index (χ1n) is 6.58. The summed E-state index contributed by atoms with van der Waals surface area (Å²) < 4.78 is 1.03. The predicted molar refractivity (Wildman–Crippen MR) is 90.3 cm³/mol. The number of carbonyl (C=O) groups excluding carboxylic acids is 1. The van der Waals surface area contributed by atoms with E-state index in [2.05, 4.69) is 45.0 Å². The average Bonchev–Trinajstić information content (AvgIpc) is 2.86. The SMILES string of the molecule is CCCCCc1nnc(NC(=O)c2cccc(I)c2)s1. The Morgan fingerprint density at radius 3 is 2.95 bits per heavy atom. The minimum absolute atomic E-state index is 0.139. The zero-order chi connectivity index (χ0) is 14.4. The number of amides is 1. The third-order valence-corrected chi connectivity index (χ3v) is 4.34. The molecule has 0 atom stereocenters. The number of carbonyl (C=O) groups is 1. The molecule has 20 heavy (non-hydrogen) atoms. The molecule has 1 heterocycles. The van der Waals surface area contributed by atoms with Crippen LogP contribution in [0.5, 0.6) is 0 Å². The summed E-state index contributed by atoms with van der Waals surface area (Å²) in [4.78, 5) is 12.1. The van der Waals surface area contributed by atoms with Gasteiger partial charge in [-0.15, -0.1) is 10.2 Å². The van der Waals surface area contributed by atoms with E-state index in [-0.39, 0.29) is 5.91 Å². The van der Waals surface area contributed by atoms with Crippen LogP contribution in [0.25, 0.3) is 0 Å². The van der Waals surface area contributed by atoms with Crippen LogP contribution in [0.2, 0.25) is 0 Å². The molecule has 0 aliphatic carbocycles. The van der Waals surface area contributed by atoms with Gasteiger partial charge in [0.05, 0.1) is 0 Å². The molecule has 2 aromatic rings. The molecular weight excluding hydrogens is 385 g/mol. The molecule has 0 aliphatic heterocycles. The van der Waals surface area contributed by atoms with Crippen LogP contribution in [-0.2, 0) is 6.42 Å². The Bertz CT molecular complexity index is 585. The van der Waals surface area contributed by atoms with Gasteiger partial charge in [0.25, 0.3) is 5.91 Å². The van der Waals surface area contributed by atoms with Gasteiger partial charge in [0.1, 0.15) is 5.01 Å². The monoisotopic (exact) mass is 401 g/mol. The van der Waals surface area contributed by atoms with E-state index in [4.69, 9.17) is 0 Å². The molecule has 4 nitrogen and oxygen atoms in total. The minimum atomic E-state index is -0.139. The standard InChI is InChI=1S/C14H16IN3OS/c1-2-3-4-8-12-17-18-14(20-12)16-13(19)10-6-5-7-11(15)9-10/h5-7,9H,2-4,8H2,1H3,(H,16,18,19). The van der Waals surface area contributed by atoms with E-state index in [1.165, 1.54) is 24.2 Å². The second kappa shape index (κ2) is 7.68. The van der Waals surface area contributed by atoms with Gasteiger partial charge in [0, 0.05) is 15.6 Å². The number of benzene rings is 1. The molecule has 1 N–H and O–H groups in total. The molecule has 1 amide bonds. The highest BCUT2D eigenvalue weighted by atomic mass is 127. The van der Waals surface area contributed by atoms with Crippen molar-refractivity contribution in [1.29, 1.82) is 0 Å². The summed E-state index contributed by atoms with van der Waals surface area (Å²) in [5.74, 6) is -0.139. The second-order valence-corrected chi connectivity index (χ2v) is 6.73. The third-order valence-electron chi connectivity index (χ3n) is 2.77. The fourth-order valence-corrected chi connectivity index (χ4v) is 3.05. The van der Waals surface area contributed by atoms with E-state index in [1.807, 2.05) is 18.2 Å². The number of aromatic nitrogens is 2. The smallest absolute Gasteiger partial charge is 0.257 e. The number of aryl methyl sites for hydroxylation is 1. The summed E-state index contributed by atoms with van der Waals surface area (Å²) >= 11 is 3.64. The third kappa shape index (κ3) is 4.52. The van der Waals surface area contributed by atoms with Gasteiger partial charge >= 0.3 is 0 Å². The highest BCUT2D eigenvalue weighted by Crippen LogP contribution is 2.18. The van der Waals surface area contributed by atoms with Crippen molar-refractivity contribution in [2.24, 2.45) is 0 Å². The van der Waals surface area contributed by atoms with Crippen LogP contribution in [0.3, 0.4) is 0 Å². The van der Waals surface area contributed by atoms with Crippen LogP contribution >= 0.6 is 33.9 Å². The molecule has 6 heteroatoms. The van der Waals surface area contributed by atoms with E-state index >= 15 is 0 Å². The van der Waals surface area contributed by atoms with Gasteiger partial charge < -0.3 is 0 Å². The predicted octanol–water partition coefficient (Wildman–Crippen LogP) is 4.13. The van der Waals surface area contributed by atoms with Crippen molar-refractivity contribution < 1.29 is 4.79 Å². The van der Waals surface area contributed by atoms with Gasteiger partial charge in [-0.1, -0.05) is 37.2 Å². The van der Waals surface area contributed by atoms with Gasteiger partial charge in [-0.3, -0.25) is 10.1 Å². The number of anilines is 1. The molecule has 0 fully saturated rings. The van der Waals surface area contributed by atoms with Gasteiger partial charge in [-0.25, -0.2) is 0 Å². The molecule has 2 rings (SSSR count). The number of hydrogen-bond donors (Lipinski definition) is 1. The summed E-state index contributed by atoms with van der Waals surface area (Å²) in [5, 5.41) is 12.5. The Morgan fingerprint density at radius 1 is 1.35 bits per heavy atom. The van der Waals surface area contributed by atoms with E-state index in [1.54, 1.807) is 6.07 Å². The van der Waals surface area contributed by atoms with Crippen LogP contribution in [0.15, 0.2) is 24.3 Å². The van der Waals surface area contributed by atoms with Crippen LogP contribution in [0.1, 0.15) is 41.6 Å². The van der Waals surface area contributed by atoms with Crippen molar-refractivity contribution in [3.63, 3.8) is 0 Å². The Labute approximate surface area is 136 Å². The Kier molecular flexibility index (Phi) is 5.90. The lowest BCUT2D eigenvalue weighted by Gasteiger charge is -2.01. The first-order chi connectivity index (χ1) is 9.69. The molecule has 0 saturated heterocycles. The summed E-state index contributed by atoms with van der Waals surface area (Å²) in [5.41, 5.74) is 0.639. The first kappa shape index (κ1) is 15.4. The van der Waals surface area contributed by atoms with Crippen molar-refractivity contribution in [1.82, 2.24) is 10.2 Å². The minimum Gasteiger partial charge on any atom is -0.296 e. The fourth-order valence-electron chi connectivity index (χ4n) is 1.73. The maximum Gasteiger partial charge on any atom is 0.257 e. The van der Waals surface area contributed by atoms with Crippen LogP contribution in [0, 0.1) is 3.57 Å². The number of unbranched alkanes of at least 4 members (excludes halogenated alkanes) is 2. The number of hydrogen-bond acceptors (Lipinski definition) is 4. The molecule has 0 aliphatic rings. The topological polar surface area (TPSA) is 54.9 Å². The summed E-state index contributed by atoms with van der Waals surface area (Å²) in [6.07, 6.45) is 4.44. The van der Waals surface area contributed by atoms with Crippen LogP contribution in [-0.4, -0.2) is 16.1 Å². The molecule has 0 spiro atoms. The molecule has 1 aromatic carbocycles. The van der Waals surface area contributed by atoms with Gasteiger partial charge in [-0.05, 0) is 47.2 Å². The van der Waals surface area contributed by atoms with Crippen molar-refractivity contribution in [3.8, 4) is 0 Å². The maximum atomic E-state index is 12.1. The normalized spacial score (nSPS) is 10.5. The van der Waals surface area contributed by atoms with Crippen molar-refractivity contribution >= 4 is 45.0 Å². The maximum absolute atomic E-state index is 12.1. The number of rotatable bonds is 6. The quantitative estimate of drug-likeness (QED) is 0.585. The number of nitrogens with one attached hydrogen (secondary N) is 1. The highest BCUT2D eigenvalue weighted by Gasteiger charge is 2.10. The molecule has 1 aromatic heterocycles. The lowest BCUT2D eigenvalue weighted by molar-refractivity contribution is 0.102. The van der Waals surface area contributed by atoms with E-state index in [9.17, 15) is 4.79 Å². The Balaban J connectivity index is 1.94. The zero-order valence-electron chi connectivity index (χ0n) is 11.2. The van der Waals surface area contributed by atoms with Crippen LogP contribution in [0.4, 0.5) is 5.13 Å². The fraction of sp³-hybridized carbons (Fsp3) is 0.357. The molecule has 0 saturated carbocycles. The molecule has 0 unspecified atom stereocenters. The van der Waals surface area contributed by atoms with Crippen LogP contribution < -0.4 is 5.32 Å². The van der Waals surface area contributed by atoms with E-state index in [0.717, 1.165) is 21.4 Å². The highest BCUT2D eigenvalue weighted by molar-refractivity contribution is 14.1. The zero-order valence-corrected chi connectivity index (χ0v) is 14.2. The van der Waals surface area contributed by atoms with Gasteiger partial charge in [0.15, 0.2) is 0 Å². The van der Waals surface area contributed by atoms with Gasteiger partial charge in [-0.2, -0.15) is 0 Å². The Morgan fingerprint density at radius 2 is 2.20 bits per heavy atom. The first-order valence-corrected chi connectivity index (χ1v) is 8.48. The summed E-state index contributed by atoms with van der Waals surface area (Å²) in [7, 11) is 0. The molecule has 106 valence electrons. The second-order valence-electron chi connectivity index (χ2n) is 4.42. The van der Waals surface area contributed by atoms with Gasteiger partial charge in [0.2, 0.25) is 5.13 Å². The van der Waals surface area contributed by atoms with Crippen molar-refractivity contribution in [3.05, 3.63) is 38.4 Å². The molecular formula is C14H16IN3OS. The van der Waals surface area contributed by atoms with Crippen molar-refractivity contribution in [2.75, 3.05) is 5.32 Å². The average molecular weight is 401 g/mol. The largest absolute Gasteiger partial charge is 0.296 e. The molecule has 0 bridgehead atoms. The lowest BCUT2D eigenvalue weighted by Crippen LogP contribution is -2.11. The summed E-state index contributed by atoms with van der Waals surface area (Å²) in [6, 6.07) is 7.46. The number of nitrogens with zero attached hydrogens (tertiary/aromatic N) is 2. The number of halogens is 1. The van der Waals surface area contributed by atoms with E-state index in [0.29, 0.717) is 10.7 Å². The van der Waals surface area contributed by atoms with E-state index < -0.39 is 0 Å².